The molecular formula is C9H8N2O3S. The van der Waals surface area contributed by atoms with Crippen LogP contribution >= 0.6 is 11.3 Å². The molecule has 0 radical (unpaired) electrons. The number of furan rings is 1. The second-order valence-corrected chi connectivity index (χ2v) is 3.52. The van der Waals surface area contributed by atoms with E-state index in [1.165, 1.54) is 17.4 Å². The van der Waals surface area contributed by atoms with E-state index in [0.29, 0.717) is 12.4 Å². The topological polar surface area (TPSA) is 75.4 Å². The van der Waals surface area contributed by atoms with Gasteiger partial charge in [0.2, 0.25) is 5.76 Å². The summed E-state index contributed by atoms with van der Waals surface area (Å²) in [5, 5.41) is 13.5. The maximum Gasteiger partial charge on any atom is 0.371 e. The van der Waals surface area contributed by atoms with E-state index in [4.69, 9.17) is 9.52 Å². The fraction of sp³-hybridized carbons (Fsp3) is 0.111. The molecule has 0 aromatic carbocycles. The van der Waals surface area contributed by atoms with Crippen LogP contribution in [0.5, 0.6) is 0 Å². The van der Waals surface area contributed by atoms with E-state index in [1.54, 1.807) is 11.6 Å². The van der Waals surface area contributed by atoms with E-state index in [2.05, 4.69) is 10.3 Å². The summed E-state index contributed by atoms with van der Waals surface area (Å²) in [5.41, 5.74) is 2.63. The second kappa shape index (κ2) is 4.14. The molecule has 0 aliphatic heterocycles. The Morgan fingerprint density at radius 2 is 2.47 bits per heavy atom. The third-order valence-corrected chi connectivity index (χ3v) is 2.38. The van der Waals surface area contributed by atoms with Gasteiger partial charge in [-0.15, -0.1) is 11.3 Å². The molecule has 2 rings (SSSR count). The van der Waals surface area contributed by atoms with E-state index in [9.17, 15) is 4.79 Å². The van der Waals surface area contributed by atoms with Crippen molar-refractivity contribution in [2.75, 3.05) is 5.32 Å². The molecule has 2 heterocycles. The molecule has 0 unspecified atom stereocenters. The highest BCUT2D eigenvalue weighted by Gasteiger charge is 2.08. The van der Waals surface area contributed by atoms with Gasteiger partial charge in [0.05, 0.1) is 17.7 Å². The number of carboxylic acid groups (broad SMARTS) is 1. The Hall–Kier alpha value is -1.82. The quantitative estimate of drug-likeness (QED) is 0.831. The standard InChI is InChI=1S/C9H8N2O3S/c12-9(13)7-1-2-8(14-7)10-3-6-4-15-5-11-6/h1-2,4-5,10H,3H2,(H,12,13). The molecule has 0 atom stereocenters. The summed E-state index contributed by atoms with van der Waals surface area (Å²) in [6.07, 6.45) is 0. The zero-order valence-corrected chi connectivity index (χ0v) is 8.45. The molecule has 0 saturated carbocycles. The molecule has 0 spiro atoms. The van der Waals surface area contributed by atoms with Crippen molar-refractivity contribution in [3.63, 3.8) is 0 Å². The largest absolute Gasteiger partial charge is 0.475 e. The van der Waals surface area contributed by atoms with Crippen LogP contribution in [0.4, 0.5) is 5.88 Å². The Kier molecular flexibility index (Phi) is 2.68. The van der Waals surface area contributed by atoms with Crippen LogP contribution in [0, 0.1) is 0 Å². The van der Waals surface area contributed by atoms with Crippen LogP contribution in [0.15, 0.2) is 27.4 Å². The van der Waals surface area contributed by atoms with E-state index in [1.807, 2.05) is 5.38 Å². The van der Waals surface area contributed by atoms with Gasteiger partial charge < -0.3 is 14.8 Å². The predicted octanol–water partition coefficient (Wildman–Crippen LogP) is 2.05. The fourth-order valence-electron chi connectivity index (χ4n) is 1.05. The van der Waals surface area contributed by atoms with Crippen molar-refractivity contribution in [3.05, 3.63) is 34.5 Å². The maximum atomic E-state index is 10.5. The highest BCUT2D eigenvalue weighted by Crippen LogP contribution is 2.14. The van der Waals surface area contributed by atoms with Gasteiger partial charge in [-0.1, -0.05) is 0 Å². The Bertz CT molecular complexity index is 450. The Morgan fingerprint density at radius 3 is 3.07 bits per heavy atom. The van der Waals surface area contributed by atoms with Crippen LogP contribution in [0.25, 0.3) is 0 Å². The zero-order valence-electron chi connectivity index (χ0n) is 7.64. The number of carbonyl (C=O) groups is 1. The lowest BCUT2D eigenvalue weighted by Crippen LogP contribution is -1.98. The molecule has 5 nitrogen and oxygen atoms in total. The summed E-state index contributed by atoms with van der Waals surface area (Å²) in [7, 11) is 0. The van der Waals surface area contributed by atoms with Crippen LogP contribution in [0.3, 0.4) is 0 Å². The molecule has 0 fully saturated rings. The molecule has 6 heteroatoms. The molecule has 78 valence electrons. The minimum atomic E-state index is -1.07. The molecule has 0 amide bonds. The number of carboxylic acids is 1. The molecule has 0 aliphatic rings. The average molecular weight is 224 g/mol. The SMILES string of the molecule is O=C(O)c1ccc(NCc2cscn2)o1. The number of thiazole rings is 1. The number of nitrogens with zero attached hydrogens (tertiary/aromatic N) is 1. The molecule has 2 aromatic rings. The number of rotatable bonds is 4. The summed E-state index contributed by atoms with van der Waals surface area (Å²) >= 11 is 1.51. The summed E-state index contributed by atoms with van der Waals surface area (Å²) in [4.78, 5) is 14.6. The van der Waals surface area contributed by atoms with Gasteiger partial charge in [0.15, 0.2) is 5.88 Å². The monoisotopic (exact) mass is 224 g/mol. The maximum absolute atomic E-state index is 10.5. The van der Waals surface area contributed by atoms with Gasteiger partial charge in [-0.25, -0.2) is 9.78 Å². The third kappa shape index (κ3) is 2.35. The number of anilines is 1. The first-order valence-corrected chi connectivity index (χ1v) is 5.14. The summed E-state index contributed by atoms with van der Waals surface area (Å²) in [5.74, 6) is -0.715. The number of hydrogen-bond donors (Lipinski definition) is 2. The second-order valence-electron chi connectivity index (χ2n) is 2.80. The van der Waals surface area contributed by atoms with Gasteiger partial charge in [-0.3, -0.25) is 0 Å². The highest BCUT2D eigenvalue weighted by atomic mass is 32.1. The Labute approximate surface area is 89.4 Å². The van der Waals surface area contributed by atoms with Crippen molar-refractivity contribution < 1.29 is 14.3 Å². The van der Waals surface area contributed by atoms with E-state index >= 15 is 0 Å². The van der Waals surface area contributed by atoms with Crippen LogP contribution < -0.4 is 5.32 Å². The molecule has 15 heavy (non-hydrogen) atoms. The minimum absolute atomic E-state index is 0.0734. The predicted molar refractivity (Wildman–Crippen MR) is 55.1 cm³/mol. The number of aromatic nitrogens is 1. The van der Waals surface area contributed by atoms with Crippen molar-refractivity contribution in [2.45, 2.75) is 6.54 Å². The van der Waals surface area contributed by atoms with Gasteiger partial charge in [0.25, 0.3) is 0 Å². The fourth-order valence-corrected chi connectivity index (χ4v) is 1.61. The van der Waals surface area contributed by atoms with E-state index < -0.39 is 5.97 Å². The van der Waals surface area contributed by atoms with Crippen LogP contribution in [-0.2, 0) is 6.54 Å². The third-order valence-electron chi connectivity index (χ3n) is 1.74. The average Bonchev–Trinajstić information content (AvgIpc) is 2.86. The van der Waals surface area contributed by atoms with Gasteiger partial charge in [0, 0.05) is 11.4 Å². The highest BCUT2D eigenvalue weighted by molar-refractivity contribution is 7.07. The summed E-state index contributed by atoms with van der Waals surface area (Å²) in [6.45, 7) is 0.524. The van der Waals surface area contributed by atoms with E-state index in [-0.39, 0.29) is 5.76 Å². The lowest BCUT2D eigenvalue weighted by Gasteiger charge is -1.98. The molecule has 2 N–H and O–H groups in total. The summed E-state index contributed by atoms with van der Waals surface area (Å²) in [6, 6.07) is 2.99. The Morgan fingerprint density at radius 1 is 1.60 bits per heavy atom. The van der Waals surface area contributed by atoms with Crippen molar-refractivity contribution in [2.24, 2.45) is 0 Å². The number of aromatic carboxylic acids is 1. The normalized spacial score (nSPS) is 10.1. The van der Waals surface area contributed by atoms with Crippen molar-refractivity contribution in [1.29, 1.82) is 0 Å². The van der Waals surface area contributed by atoms with Gasteiger partial charge >= 0.3 is 5.97 Å². The minimum Gasteiger partial charge on any atom is -0.475 e. The first kappa shape index (κ1) is 9.72. The lowest BCUT2D eigenvalue weighted by molar-refractivity contribution is 0.0663. The van der Waals surface area contributed by atoms with Crippen molar-refractivity contribution >= 4 is 23.2 Å². The number of nitrogens with one attached hydrogen (secondary N) is 1. The molecular weight excluding hydrogens is 216 g/mol. The van der Waals surface area contributed by atoms with Crippen molar-refractivity contribution in [1.82, 2.24) is 4.98 Å². The Balaban J connectivity index is 1.96. The molecule has 0 saturated heterocycles. The molecule has 2 aromatic heterocycles. The first-order chi connectivity index (χ1) is 7.25. The van der Waals surface area contributed by atoms with Crippen LogP contribution in [-0.4, -0.2) is 16.1 Å². The van der Waals surface area contributed by atoms with Gasteiger partial charge in [-0.05, 0) is 6.07 Å². The molecule has 0 bridgehead atoms. The smallest absolute Gasteiger partial charge is 0.371 e. The zero-order chi connectivity index (χ0) is 10.7. The molecule has 0 aliphatic carbocycles. The van der Waals surface area contributed by atoms with Crippen molar-refractivity contribution in [3.8, 4) is 0 Å². The van der Waals surface area contributed by atoms with E-state index in [0.717, 1.165) is 5.69 Å². The van der Waals surface area contributed by atoms with Crippen LogP contribution in [0.1, 0.15) is 16.2 Å². The van der Waals surface area contributed by atoms with Gasteiger partial charge in [-0.2, -0.15) is 0 Å². The lowest BCUT2D eigenvalue weighted by atomic mass is 10.4. The van der Waals surface area contributed by atoms with Crippen LogP contribution in [0.2, 0.25) is 0 Å². The number of hydrogen-bond acceptors (Lipinski definition) is 5. The van der Waals surface area contributed by atoms with Gasteiger partial charge in [0.1, 0.15) is 0 Å². The summed E-state index contributed by atoms with van der Waals surface area (Å²) < 4.78 is 5.01. The first-order valence-electron chi connectivity index (χ1n) is 4.20.